The molecular weight excluding hydrogens is 701 g/mol. The second-order valence-corrected chi connectivity index (χ2v) is 14.7. The molecule has 57 heavy (non-hydrogen) atoms. The van der Waals surface area contributed by atoms with Crippen LogP contribution in [-0.4, -0.2) is 4.57 Å². The van der Waals surface area contributed by atoms with Crippen molar-refractivity contribution in [3.63, 3.8) is 0 Å². The lowest BCUT2D eigenvalue weighted by Gasteiger charge is -2.26. The van der Waals surface area contributed by atoms with Gasteiger partial charge >= 0.3 is 0 Å². The Morgan fingerprint density at radius 1 is 0.456 bits per heavy atom. The fourth-order valence-corrected chi connectivity index (χ4v) is 9.09. The van der Waals surface area contributed by atoms with E-state index in [0.29, 0.717) is 0 Å². The van der Waals surface area contributed by atoms with E-state index >= 15 is 0 Å². The third kappa shape index (κ3) is 4.69. The molecular formula is C52H34N2O3. The molecule has 0 aliphatic carbocycles. The number of rotatable bonds is 6. The zero-order chi connectivity index (χ0) is 37.6. The van der Waals surface area contributed by atoms with E-state index < -0.39 is 0 Å². The molecule has 12 aromatic rings. The Labute approximate surface area is 327 Å². The molecule has 0 fully saturated rings. The summed E-state index contributed by atoms with van der Waals surface area (Å²) in [6.07, 6.45) is 0.861. The number of para-hydroxylation sites is 3. The minimum absolute atomic E-state index is 0.796. The molecule has 4 heterocycles. The van der Waals surface area contributed by atoms with E-state index in [-0.39, 0.29) is 0 Å². The first-order chi connectivity index (χ1) is 28.2. The van der Waals surface area contributed by atoms with Crippen LogP contribution >= 0.6 is 0 Å². The van der Waals surface area contributed by atoms with Crippen molar-refractivity contribution in [2.75, 3.05) is 4.90 Å². The van der Waals surface area contributed by atoms with E-state index in [2.05, 4.69) is 174 Å². The lowest BCUT2D eigenvalue weighted by molar-refractivity contribution is 0.629. The van der Waals surface area contributed by atoms with Crippen LogP contribution < -0.4 is 4.90 Å². The molecule has 0 saturated carbocycles. The average Bonchev–Trinajstić information content (AvgIpc) is 4.03. The maximum Gasteiger partial charge on any atom is 0.146 e. The number of furan rings is 3. The molecule has 0 aliphatic heterocycles. The number of hydrogen-bond donors (Lipinski definition) is 0. The van der Waals surface area contributed by atoms with Crippen molar-refractivity contribution in [3.8, 4) is 17.0 Å². The van der Waals surface area contributed by atoms with Gasteiger partial charge in [0.1, 0.15) is 33.7 Å². The second-order valence-electron chi connectivity index (χ2n) is 14.7. The molecule has 0 saturated heterocycles. The predicted octanol–water partition coefficient (Wildman–Crippen LogP) is 15.0. The summed E-state index contributed by atoms with van der Waals surface area (Å²) in [7, 11) is 0. The number of aryl methyl sites for hydroxylation is 1. The molecule has 0 spiro atoms. The molecule has 0 unspecified atom stereocenters. The molecule has 5 heteroatoms. The zero-order valence-electron chi connectivity index (χ0n) is 31.1. The lowest BCUT2D eigenvalue weighted by atomic mass is 10.0. The Hall–Kier alpha value is -7.50. The molecule has 0 N–H and O–H groups in total. The van der Waals surface area contributed by atoms with Crippen molar-refractivity contribution in [3.05, 3.63) is 181 Å². The summed E-state index contributed by atoms with van der Waals surface area (Å²) in [5.74, 6) is 0.919. The van der Waals surface area contributed by atoms with Gasteiger partial charge in [0.05, 0.1) is 22.1 Å². The summed E-state index contributed by atoms with van der Waals surface area (Å²) in [4.78, 5) is 2.36. The van der Waals surface area contributed by atoms with E-state index in [1.165, 1.54) is 10.9 Å². The Morgan fingerprint density at radius 3 is 1.98 bits per heavy atom. The Kier molecular flexibility index (Phi) is 6.84. The summed E-state index contributed by atoms with van der Waals surface area (Å²) < 4.78 is 22.2. The highest BCUT2D eigenvalue weighted by Gasteiger charge is 2.24. The van der Waals surface area contributed by atoms with Gasteiger partial charge in [0.25, 0.3) is 0 Å². The molecule has 270 valence electrons. The maximum absolute atomic E-state index is 6.79. The Bertz CT molecular complexity index is 3510. The molecule has 0 radical (unpaired) electrons. The van der Waals surface area contributed by atoms with Crippen LogP contribution in [0.25, 0.3) is 93.7 Å². The first-order valence-corrected chi connectivity index (χ1v) is 19.5. The standard InChI is InChI=1S/C52H34N2O3/c1-2-36-38-27-29-47-50(52(38)57-51(36)32-14-5-3-6-15-32)40-26-24-35(31-48(40)56-47)53(34-25-28-46-41(30-34)37-18-10-12-23-45(37)55-46)43-21-13-22-44-49(43)39-19-9-11-20-42(39)54(44)33-16-7-4-8-17-33/h3-31H,2H2,1H3. The van der Waals surface area contributed by atoms with Crippen molar-refractivity contribution in [1.29, 1.82) is 0 Å². The molecule has 0 bridgehead atoms. The molecule has 5 nitrogen and oxygen atoms in total. The van der Waals surface area contributed by atoms with Crippen LogP contribution in [0, 0.1) is 0 Å². The van der Waals surface area contributed by atoms with Crippen LogP contribution in [0.5, 0.6) is 0 Å². The van der Waals surface area contributed by atoms with Crippen molar-refractivity contribution in [2.24, 2.45) is 0 Å². The van der Waals surface area contributed by atoms with E-state index in [0.717, 1.165) is 112 Å². The number of anilines is 3. The molecule has 0 amide bonds. The summed E-state index contributed by atoms with van der Waals surface area (Å²) >= 11 is 0. The zero-order valence-corrected chi connectivity index (χ0v) is 31.1. The first-order valence-electron chi connectivity index (χ1n) is 19.5. The van der Waals surface area contributed by atoms with Crippen LogP contribution in [-0.2, 0) is 6.42 Å². The van der Waals surface area contributed by atoms with Gasteiger partial charge in [-0.1, -0.05) is 97.9 Å². The van der Waals surface area contributed by atoms with Crippen molar-refractivity contribution in [2.45, 2.75) is 13.3 Å². The van der Waals surface area contributed by atoms with Gasteiger partial charge in [0, 0.05) is 66.6 Å². The molecule has 12 rings (SSSR count). The number of nitrogens with zero attached hydrogens (tertiary/aromatic N) is 2. The van der Waals surface area contributed by atoms with Gasteiger partial charge in [-0.05, 0) is 85.3 Å². The van der Waals surface area contributed by atoms with Gasteiger partial charge in [-0.15, -0.1) is 0 Å². The number of benzene rings is 8. The summed E-state index contributed by atoms with van der Waals surface area (Å²) in [5, 5.41) is 7.64. The molecule has 0 atom stereocenters. The van der Waals surface area contributed by atoms with Gasteiger partial charge in [0.2, 0.25) is 0 Å². The van der Waals surface area contributed by atoms with Gasteiger partial charge in [-0.25, -0.2) is 0 Å². The normalized spacial score (nSPS) is 12.0. The van der Waals surface area contributed by atoms with Crippen molar-refractivity contribution >= 4 is 93.7 Å². The van der Waals surface area contributed by atoms with Crippen LogP contribution in [0.4, 0.5) is 17.1 Å². The van der Waals surface area contributed by atoms with Gasteiger partial charge in [0.15, 0.2) is 0 Å². The van der Waals surface area contributed by atoms with Gasteiger partial charge in [-0.3, -0.25) is 0 Å². The number of hydrogen-bond acceptors (Lipinski definition) is 4. The topological polar surface area (TPSA) is 47.6 Å². The van der Waals surface area contributed by atoms with E-state index in [1.807, 2.05) is 18.2 Å². The quantitative estimate of drug-likeness (QED) is 0.171. The largest absolute Gasteiger partial charge is 0.456 e. The SMILES string of the molecule is CCc1c(-c2ccccc2)oc2c1ccc1oc3cc(N(c4ccc5oc6ccccc6c5c4)c4cccc5c4c4ccccc4n5-c4ccccc4)ccc3c12. The third-order valence-corrected chi connectivity index (χ3v) is 11.6. The number of fused-ring (bicyclic) bond motifs is 11. The molecule has 8 aromatic carbocycles. The summed E-state index contributed by atoms with van der Waals surface area (Å²) in [6, 6.07) is 61.9. The van der Waals surface area contributed by atoms with Crippen LogP contribution in [0.3, 0.4) is 0 Å². The smallest absolute Gasteiger partial charge is 0.146 e. The second kappa shape index (κ2) is 12.3. The summed E-state index contributed by atoms with van der Waals surface area (Å²) in [5.41, 5.74) is 12.9. The fraction of sp³-hybridized carbons (Fsp3) is 0.0385. The van der Waals surface area contributed by atoms with E-state index in [1.54, 1.807) is 0 Å². The van der Waals surface area contributed by atoms with E-state index in [9.17, 15) is 0 Å². The van der Waals surface area contributed by atoms with Crippen LogP contribution in [0.2, 0.25) is 0 Å². The van der Waals surface area contributed by atoms with E-state index in [4.69, 9.17) is 13.3 Å². The lowest BCUT2D eigenvalue weighted by Crippen LogP contribution is -2.10. The number of aromatic nitrogens is 1. The van der Waals surface area contributed by atoms with Crippen LogP contribution in [0.15, 0.2) is 189 Å². The monoisotopic (exact) mass is 734 g/mol. The van der Waals surface area contributed by atoms with Crippen LogP contribution in [0.1, 0.15) is 12.5 Å². The fourth-order valence-electron chi connectivity index (χ4n) is 9.09. The molecule has 4 aromatic heterocycles. The Morgan fingerprint density at radius 2 is 1.12 bits per heavy atom. The van der Waals surface area contributed by atoms with Crippen molar-refractivity contribution in [1.82, 2.24) is 4.57 Å². The minimum atomic E-state index is 0.796. The highest BCUT2D eigenvalue weighted by molar-refractivity contribution is 6.20. The summed E-state index contributed by atoms with van der Waals surface area (Å²) in [6.45, 7) is 2.19. The molecule has 0 aliphatic rings. The highest BCUT2D eigenvalue weighted by atomic mass is 16.3. The highest BCUT2D eigenvalue weighted by Crippen LogP contribution is 2.47. The minimum Gasteiger partial charge on any atom is -0.456 e. The van der Waals surface area contributed by atoms with Gasteiger partial charge in [-0.2, -0.15) is 0 Å². The first kappa shape index (κ1) is 31.8. The van der Waals surface area contributed by atoms with Crippen molar-refractivity contribution < 1.29 is 13.3 Å². The van der Waals surface area contributed by atoms with Gasteiger partial charge < -0.3 is 22.7 Å². The Balaban J connectivity index is 1.13. The predicted molar refractivity (Wildman–Crippen MR) is 235 cm³/mol. The average molecular weight is 735 g/mol. The third-order valence-electron chi connectivity index (χ3n) is 11.6. The maximum atomic E-state index is 6.79.